The van der Waals surface area contributed by atoms with Crippen molar-refractivity contribution >= 4 is 0 Å². The van der Waals surface area contributed by atoms with Crippen molar-refractivity contribution in [3.05, 3.63) is 30.1 Å². The third-order valence-corrected chi connectivity index (χ3v) is 3.77. The molecule has 1 aromatic heterocycles. The van der Waals surface area contributed by atoms with E-state index < -0.39 is 5.79 Å². The largest absolute Gasteiger partial charge is 0.347 e. The van der Waals surface area contributed by atoms with E-state index in [0.29, 0.717) is 13.0 Å². The molecule has 1 radical (unpaired) electrons. The SMILES string of the molecule is CCOC([O])(Cc1ccccn1)C1CCCCC1. The fourth-order valence-electron chi connectivity index (χ4n) is 2.86. The molecule has 0 spiro atoms. The Bertz CT molecular complexity index is 349. The standard InChI is InChI=1S/C15H22NO2/c1-2-18-15(17,13-8-4-3-5-9-13)12-14-10-6-7-11-16-14/h6-7,10-11,13H,2-5,8-9,12H2,1H3. The van der Waals surface area contributed by atoms with Gasteiger partial charge in [0, 0.05) is 30.8 Å². The molecule has 1 saturated carbocycles. The minimum Gasteiger partial charge on any atom is -0.347 e. The number of ether oxygens (including phenoxy) is 1. The summed E-state index contributed by atoms with van der Waals surface area (Å²) in [7, 11) is 0. The van der Waals surface area contributed by atoms with Gasteiger partial charge in [0.05, 0.1) is 0 Å². The van der Waals surface area contributed by atoms with Crippen LogP contribution in [0.2, 0.25) is 0 Å². The Morgan fingerprint density at radius 3 is 2.72 bits per heavy atom. The maximum atomic E-state index is 13.0. The summed E-state index contributed by atoms with van der Waals surface area (Å²) in [5.74, 6) is -1.16. The second-order valence-electron chi connectivity index (χ2n) is 5.08. The van der Waals surface area contributed by atoms with Crippen LogP contribution in [0.15, 0.2) is 24.4 Å². The van der Waals surface area contributed by atoms with E-state index in [4.69, 9.17) is 4.74 Å². The van der Waals surface area contributed by atoms with Crippen LogP contribution in [-0.2, 0) is 16.3 Å². The molecule has 0 N–H and O–H groups in total. The number of pyridine rings is 1. The first-order chi connectivity index (χ1) is 8.74. The van der Waals surface area contributed by atoms with Crippen molar-refractivity contribution in [3.8, 4) is 0 Å². The van der Waals surface area contributed by atoms with Crippen molar-refractivity contribution in [1.82, 2.24) is 4.98 Å². The van der Waals surface area contributed by atoms with E-state index in [1.54, 1.807) is 6.20 Å². The number of hydrogen-bond donors (Lipinski definition) is 0. The Kier molecular flexibility index (Phi) is 4.72. The van der Waals surface area contributed by atoms with Crippen LogP contribution < -0.4 is 0 Å². The van der Waals surface area contributed by atoms with E-state index in [1.807, 2.05) is 25.1 Å². The molecule has 0 saturated heterocycles. The summed E-state index contributed by atoms with van der Waals surface area (Å²) in [4.78, 5) is 4.26. The van der Waals surface area contributed by atoms with Gasteiger partial charge in [-0.2, -0.15) is 5.11 Å². The number of aromatic nitrogens is 1. The molecule has 0 aromatic carbocycles. The molecule has 3 heteroatoms. The molecular formula is C15H22NO2. The monoisotopic (exact) mass is 248 g/mol. The summed E-state index contributed by atoms with van der Waals surface area (Å²) in [6, 6.07) is 5.71. The van der Waals surface area contributed by atoms with E-state index in [-0.39, 0.29) is 5.92 Å². The van der Waals surface area contributed by atoms with Crippen LogP contribution in [0, 0.1) is 5.92 Å². The van der Waals surface area contributed by atoms with Crippen molar-refractivity contribution in [2.24, 2.45) is 5.92 Å². The Hall–Kier alpha value is -0.930. The third-order valence-electron chi connectivity index (χ3n) is 3.77. The predicted octanol–water partition coefficient (Wildman–Crippen LogP) is 3.37. The second kappa shape index (κ2) is 6.30. The molecule has 1 aliphatic rings. The van der Waals surface area contributed by atoms with Crippen molar-refractivity contribution in [2.45, 2.75) is 51.2 Å². The maximum Gasteiger partial charge on any atom is 0.210 e. The molecular weight excluding hydrogens is 226 g/mol. The Balaban J connectivity index is 2.09. The summed E-state index contributed by atoms with van der Waals surface area (Å²) in [6.07, 6.45) is 7.68. The van der Waals surface area contributed by atoms with Crippen molar-refractivity contribution in [3.63, 3.8) is 0 Å². The van der Waals surface area contributed by atoms with Gasteiger partial charge in [0.1, 0.15) is 0 Å². The van der Waals surface area contributed by atoms with Crippen LogP contribution in [0.5, 0.6) is 0 Å². The summed E-state index contributed by atoms with van der Waals surface area (Å²) in [5.41, 5.74) is 0.839. The smallest absolute Gasteiger partial charge is 0.210 e. The number of rotatable bonds is 5. The Morgan fingerprint density at radius 1 is 1.33 bits per heavy atom. The molecule has 3 nitrogen and oxygen atoms in total. The maximum absolute atomic E-state index is 13.0. The highest BCUT2D eigenvalue weighted by molar-refractivity contribution is 5.06. The normalized spacial score (nSPS) is 20.6. The minimum absolute atomic E-state index is 0.133. The summed E-state index contributed by atoms with van der Waals surface area (Å²) >= 11 is 0. The Labute approximate surface area is 109 Å². The molecule has 1 aliphatic carbocycles. The lowest BCUT2D eigenvalue weighted by Gasteiger charge is -2.35. The molecule has 18 heavy (non-hydrogen) atoms. The second-order valence-corrected chi connectivity index (χ2v) is 5.08. The summed E-state index contributed by atoms with van der Waals surface area (Å²) in [5, 5.41) is 13.0. The molecule has 99 valence electrons. The van der Waals surface area contributed by atoms with Gasteiger partial charge in [-0.15, -0.1) is 0 Å². The van der Waals surface area contributed by atoms with E-state index >= 15 is 0 Å². The third kappa shape index (κ3) is 3.30. The van der Waals surface area contributed by atoms with Gasteiger partial charge in [-0.25, -0.2) is 0 Å². The van der Waals surface area contributed by atoms with Crippen LogP contribution >= 0.6 is 0 Å². The lowest BCUT2D eigenvalue weighted by Crippen LogP contribution is -2.43. The first-order valence-electron chi connectivity index (χ1n) is 6.99. The van der Waals surface area contributed by atoms with E-state index in [9.17, 15) is 5.11 Å². The van der Waals surface area contributed by atoms with Gasteiger partial charge in [0.15, 0.2) is 0 Å². The zero-order valence-electron chi connectivity index (χ0n) is 11.1. The molecule has 1 atom stereocenters. The molecule has 1 fully saturated rings. The predicted molar refractivity (Wildman–Crippen MR) is 69.6 cm³/mol. The van der Waals surface area contributed by atoms with Gasteiger partial charge < -0.3 is 4.74 Å². The van der Waals surface area contributed by atoms with Crippen LogP contribution in [0.3, 0.4) is 0 Å². The average molecular weight is 248 g/mol. The highest BCUT2D eigenvalue weighted by atomic mass is 16.6. The van der Waals surface area contributed by atoms with Gasteiger partial charge in [-0.1, -0.05) is 25.3 Å². The minimum atomic E-state index is -1.29. The zero-order chi connectivity index (χ0) is 12.8. The van der Waals surface area contributed by atoms with Gasteiger partial charge >= 0.3 is 0 Å². The molecule has 2 rings (SSSR count). The first kappa shape index (κ1) is 13.5. The van der Waals surface area contributed by atoms with Crippen LogP contribution in [0.25, 0.3) is 0 Å². The van der Waals surface area contributed by atoms with Gasteiger partial charge in [-0.05, 0) is 31.9 Å². The van der Waals surface area contributed by atoms with E-state index in [2.05, 4.69) is 4.98 Å². The van der Waals surface area contributed by atoms with E-state index in [1.165, 1.54) is 6.42 Å². The van der Waals surface area contributed by atoms with Crippen molar-refractivity contribution in [1.29, 1.82) is 0 Å². The number of hydrogen-bond acceptors (Lipinski definition) is 2. The topological polar surface area (TPSA) is 42.0 Å². The molecule has 0 amide bonds. The van der Waals surface area contributed by atoms with Crippen molar-refractivity contribution < 1.29 is 9.84 Å². The lowest BCUT2D eigenvalue weighted by molar-refractivity contribution is -0.274. The fraction of sp³-hybridized carbons (Fsp3) is 0.667. The van der Waals surface area contributed by atoms with Crippen molar-refractivity contribution in [2.75, 3.05) is 6.61 Å². The van der Waals surface area contributed by atoms with Gasteiger partial charge in [-0.3, -0.25) is 4.98 Å². The fourth-order valence-corrected chi connectivity index (χ4v) is 2.86. The van der Waals surface area contributed by atoms with Gasteiger partial charge in [0.25, 0.3) is 0 Å². The first-order valence-corrected chi connectivity index (χ1v) is 6.99. The molecule has 1 aromatic rings. The quantitative estimate of drug-likeness (QED) is 0.750. The average Bonchev–Trinajstić information content (AvgIpc) is 2.41. The summed E-state index contributed by atoms with van der Waals surface area (Å²) in [6.45, 7) is 2.38. The van der Waals surface area contributed by atoms with Gasteiger partial charge in [0.2, 0.25) is 5.79 Å². The number of nitrogens with zero attached hydrogens (tertiary/aromatic N) is 1. The van der Waals surface area contributed by atoms with Crippen LogP contribution in [0.1, 0.15) is 44.7 Å². The summed E-state index contributed by atoms with van der Waals surface area (Å²) < 4.78 is 5.58. The zero-order valence-corrected chi connectivity index (χ0v) is 11.1. The molecule has 1 heterocycles. The lowest BCUT2D eigenvalue weighted by atomic mass is 9.81. The van der Waals surface area contributed by atoms with Crippen LogP contribution in [-0.4, -0.2) is 17.4 Å². The highest BCUT2D eigenvalue weighted by Crippen LogP contribution is 2.35. The van der Waals surface area contributed by atoms with E-state index in [0.717, 1.165) is 31.4 Å². The highest BCUT2D eigenvalue weighted by Gasteiger charge is 2.40. The molecule has 0 bridgehead atoms. The molecule has 0 aliphatic heterocycles. The molecule has 1 unspecified atom stereocenters. The Morgan fingerprint density at radius 2 is 2.11 bits per heavy atom. The van der Waals surface area contributed by atoms with Crippen LogP contribution in [0.4, 0.5) is 0 Å².